The fourth-order valence-electron chi connectivity index (χ4n) is 3.75. The quantitative estimate of drug-likeness (QED) is 0.629. The van der Waals surface area contributed by atoms with E-state index in [1.54, 1.807) is 0 Å². The van der Waals surface area contributed by atoms with E-state index in [-0.39, 0.29) is 24.0 Å². The molecule has 0 radical (unpaired) electrons. The van der Waals surface area contributed by atoms with Crippen LogP contribution in [0.3, 0.4) is 0 Å². The van der Waals surface area contributed by atoms with Gasteiger partial charge in [-0.3, -0.25) is 4.79 Å². The van der Waals surface area contributed by atoms with Crippen LogP contribution < -0.4 is 16.0 Å². The van der Waals surface area contributed by atoms with Gasteiger partial charge in [0, 0.05) is 35.6 Å². The second-order valence-corrected chi connectivity index (χ2v) is 7.73. The molecule has 1 aliphatic rings. The molecule has 1 atom stereocenters. The molecule has 2 aromatic rings. The van der Waals surface area contributed by atoms with E-state index in [2.05, 4.69) is 20.9 Å². The Morgan fingerprint density at radius 1 is 1.11 bits per heavy atom. The standard InChI is InChI=1S/C21H30N4O2/c1-14(2)23-20(26)19(25-21(27)24-16-8-4-3-5-9-16)12-15-13-22-18-11-7-6-10-17(15)18/h6-7,10-11,13-14,16,19,22H,3-5,8-9,12H2,1-2H3,(H,23,26)(H2,24,25,27)/t19-/m1/s1. The number of benzene rings is 1. The number of fused-ring (bicyclic) bond motifs is 1. The van der Waals surface area contributed by atoms with Gasteiger partial charge in [0.1, 0.15) is 6.04 Å². The largest absolute Gasteiger partial charge is 0.361 e. The number of para-hydroxylation sites is 1. The lowest BCUT2D eigenvalue weighted by atomic mass is 9.96. The lowest BCUT2D eigenvalue weighted by Gasteiger charge is -2.25. The third kappa shape index (κ3) is 5.25. The first-order valence-electron chi connectivity index (χ1n) is 9.95. The Balaban J connectivity index is 1.70. The highest BCUT2D eigenvalue weighted by Crippen LogP contribution is 2.20. The number of urea groups is 1. The summed E-state index contributed by atoms with van der Waals surface area (Å²) in [6.45, 7) is 3.84. The second-order valence-electron chi connectivity index (χ2n) is 7.73. The highest BCUT2D eigenvalue weighted by Gasteiger charge is 2.24. The number of amides is 3. The normalized spacial score (nSPS) is 16.3. The molecule has 1 fully saturated rings. The van der Waals surface area contributed by atoms with Crippen LogP contribution >= 0.6 is 0 Å². The number of rotatable bonds is 6. The molecule has 1 heterocycles. The molecule has 1 aromatic carbocycles. The van der Waals surface area contributed by atoms with Crippen molar-refractivity contribution in [1.82, 2.24) is 20.9 Å². The van der Waals surface area contributed by atoms with Gasteiger partial charge in [0.05, 0.1) is 0 Å². The third-order valence-electron chi connectivity index (χ3n) is 5.09. The van der Waals surface area contributed by atoms with Crippen LogP contribution in [-0.2, 0) is 11.2 Å². The molecule has 146 valence electrons. The number of carbonyl (C=O) groups is 2. The van der Waals surface area contributed by atoms with Crippen LogP contribution in [0.15, 0.2) is 30.5 Å². The van der Waals surface area contributed by atoms with Crippen LogP contribution in [0.2, 0.25) is 0 Å². The van der Waals surface area contributed by atoms with Crippen LogP contribution in [-0.4, -0.2) is 35.0 Å². The SMILES string of the molecule is CC(C)NC(=O)[C@@H](Cc1c[nH]c2ccccc12)NC(=O)NC1CCCCC1. The van der Waals surface area contributed by atoms with Crippen LogP contribution in [0.5, 0.6) is 0 Å². The summed E-state index contributed by atoms with van der Waals surface area (Å²) in [6.07, 6.45) is 7.92. The van der Waals surface area contributed by atoms with E-state index >= 15 is 0 Å². The smallest absolute Gasteiger partial charge is 0.315 e. The minimum absolute atomic E-state index is 0.0196. The number of carbonyl (C=O) groups excluding carboxylic acids is 2. The minimum Gasteiger partial charge on any atom is -0.361 e. The van der Waals surface area contributed by atoms with E-state index in [0.29, 0.717) is 6.42 Å². The molecular formula is C21H30N4O2. The molecule has 0 unspecified atom stereocenters. The molecule has 3 amide bonds. The molecule has 0 aliphatic heterocycles. The molecule has 4 N–H and O–H groups in total. The molecule has 3 rings (SSSR count). The number of aromatic amines is 1. The molecule has 1 aromatic heterocycles. The lowest BCUT2D eigenvalue weighted by Crippen LogP contribution is -2.54. The van der Waals surface area contributed by atoms with Gasteiger partial charge in [0.15, 0.2) is 0 Å². The molecule has 0 spiro atoms. The average Bonchev–Trinajstić information content (AvgIpc) is 3.04. The number of hydrogen-bond acceptors (Lipinski definition) is 2. The van der Waals surface area contributed by atoms with Gasteiger partial charge in [-0.25, -0.2) is 4.79 Å². The first-order chi connectivity index (χ1) is 13.0. The van der Waals surface area contributed by atoms with Gasteiger partial charge in [-0.15, -0.1) is 0 Å². The highest BCUT2D eigenvalue weighted by atomic mass is 16.2. The van der Waals surface area contributed by atoms with E-state index in [1.165, 1.54) is 6.42 Å². The van der Waals surface area contributed by atoms with Crippen molar-refractivity contribution in [2.45, 2.75) is 70.5 Å². The fourth-order valence-corrected chi connectivity index (χ4v) is 3.75. The zero-order chi connectivity index (χ0) is 19.2. The van der Waals surface area contributed by atoms with Crippen molar-refractivity contribution in [3.05, 3.63) is 36.0 Å². The summed E-state index contributed by atoms with van der Waals surface area (Å²) in [5, 5.41) is 9.93. The van der Waals surface area contributed by atoms with Gasteiger partial charge in [-0.2, -0.15) is 0 Å². The third-order valence-corrected chi connectivity index (χ3v) is 5.09. The number of nitrogens with one attached hydrogen (secondary N) is 4. The van der Waals surface area contributed by atoms with Gasteiger partial charge >= 0.3 is 6.03 Å². The van der Waals surface area contributed by atoms with E-state index < -0.39 is 6.04 Å². The molecule has 1 saturated carbocycles. The second kappa shape index (κ2) is 8.93. The molecular weight excluding hydrogens is 340 g/mol. The van der Waals surface area contributed by atoms with Gasteiger partial charge in [-0.1, -0.05) is 37.5 Å². The molecule has 0 bridgehead atoms. The molecule has 6 nitrogen and oxygen atoms in total. The first-order valence-corrected chi connectivity index (χ1v) is 9.95. The van der Waals surface area contributed by atoms with Crippen LogP contribution in [0.4, 0.5) is 4.79 Å². The fraction of sp³-hybridized carbons (Fsp3) is 0.524. The van der Waals surface area contributed by atoms with Crippen molar-refractivity contribution < 1.29 is 9.59 Å². The summed E-state index contributed by atoms with van der Waals surface area (Å²) in [5.41, 5.74) is 2.05. The number of hydrogen-bond donors (Lipinski definition) is 4. The molecule has 0 saturated heterocycles. The van der Waals surface area contributed by atoms with E-state index in [0.717, 1.165) is 42.1 Å². The topological polar surface area (TPSA) is 86.0 Å². The maximum Gasteiger partial charge on any atom is 0.315 e. The summed E-state index contributed by atoms with van der Waals surface area (Å²) in [4.78, 5) is 28.4. The Hall–Kier alpha value is -2.50. The molecule has 6 heteroatoms. The van der Waals surface area contributed by atoms with Crippen molar-refractivity contribution in [1.29, 1.82) is 0 Å². The Morgan fingerprint density at radius 2 is 1.85 bits per heavy atom. The van der Waals surface area contributed by atoms with Gasteiger partial charge < -0.3 is 20.9 Å². The van der Waals surface area contributed by atoms with Crippen molar-refractivity contribution in [3.63, 3.8) is 0 Å². The van der Waals surface area contributed by atoms with Crippen LogP contribution in [0.1, 0.15) is 51.5 Å². The van der Waals surface area contributed by atoms with Gasteiger partial charge in [0.2, 0.25) is 5.91 Å². The van der Waals surface area contributed by atoms with Gasteiger partial charge in [-0.05, 0) is 38.3 Å². The average molecular weight is 370 g/mol. The minimum atomic E-state index is -0.616. The lowest BCUT2D eigenvalue weighted by molar-refractivity contribution is -0.123. The van der Waals surface area contributed by atoms with Crippen LogP contribution in [0.25, 0.3) is 10.9 Å². The molecule has 1 aliphatic carbocycles. The van der Waals surface area contributed by atoms with Gasteiger partial charge in [0.25, 0.3) is 0 Å². The maximum atomic E-state index is 12.7. The van der Waals surface area contributed by atoms with E-state index in [9.17, 15) is 9.59 Å². The number of H-pyrrole nitrogens is 1. The van der Waals surface area contributed by atoms with E-state index in [1.807, 2.05) is 44.3 Å². The van der Waals surface area contributed by atoms with Crippen LogP contribution in [0, 0.1) is 0 Å². The van der Waals surface area contributed by atoms with Crippen molar-refractivity contribution >= 4 is 22.8 Å². The Morgan fingerprint density at radius 3 is 2.59 bits per heavy atom. The predicted octanol–water partition coefficient (Wildman–Crippen LogP) is 3.24. The Labute approximate surface area is 160 Å². The summed E-state index contributed by atoms with van der Waals surface area (Å²) in [5.74, 6) is -0.158. The maximum absolute atomic E-state index is 12.7. The summed E-state index contributed by atoms with van der Waals surface area (Å²) < 4.78 is 0. The highest BCUT2D eigenvalue weighted by molar-refractivity contribution is 5.89. The zero-order valence-corrected chi connectivity index (χ0v) is 16.2. The predicted molar refractivity (Wildman–Crippen MR) is 108 cm³/mol. The first kappa shape index (κ1) is 19.3. The molecule has 27 heavy (non-hydrogen) atoms. The van der Waals surface area contributed by atoms with Crippen molar-refractivity contribution in [2.24, 2.45) is 0 Å². The Kier molecular flexibility index (Phi) is 6.37. The summed E-state index contributed by atoms with van der Waals surface area (Å²) in [7, 11) is 0. The Bertz CT molecular complexity index is 777. The summed E-state index contributed by atoms with van der Waals surface area (Å²) in [6, 6.07) is 7.34. The van der Waals surface area contributed by atoms with Crippen molar-refractivity contribution in [3.8, 4) is 0 Å². The number of aromatic nitrogens is 1. The monoisotopic (exact) mass is 370 g/mol. The van der Waals surface area contributed by atoms with E-state index in [4.69, 9.17) is 0 Å². The zero-order valence-electron chi connectivity index (χ0n) is 16.2. The van der Waals surface area contributed by atoms with Crippen molar-refractivity contribution in [2.75, 3.05) is 0 Å². The summed E-state index contributed by atoms with van der Waals surface area (Å²) >= 11 is 0.